The van der Waals surface area contributed by atoms with Crippen LogP contribution in [-0.2, 0) is 5.54 Å². The molecule has 87 valence electrons. The molecule has 0 aromatic heterocycles. The molecule has 16 heavy (non-hydrogen) atoms. The van der Waals surface area contributed by atoms with Crippen LogP contribution in [-0.4, -0.2) is 12.6 Å². The molecule has 1 aliphatic rings. The highest BCUT2D eigenvalue weighted by atomic mass is 19.1. The van der Waals surface area contributed by atoms with Crippen molar-refractivity contribution in [2.75, 3.05) is 6.54 Å². The van der Waals surface area contributed by atoms with Crippen molar-refractivity contribution in [3.8, 4) is 0 Å². The van der Waals surface area contributed by atoms with Crippen LogP contribution >= 0.6 is 0 Å². The fourth-order valence-electron chi connectivity index (χ4n) is 2.26. The molecule has 1 radical (unpaired) electrons. The molecule has 2 N–H and O–H groups in total. The molecule has 1 fully saturated rings. The smallest absolute Gasteiger partial charge is 0.128 e. The van der Waals surface area contributed by atoms with Gasteiger partial charge in [-0.05, 0) is 44.5 Å². The predicted molar refractivity (Wildman–Crippen MR) is 57.8 cm³/mol. The summed E-state index contributed by atoms with van der Waals surface area (Å²) in [7, 11) is 0. The first-order valence-electron chi connectivity index (χ1n) is 5.46. The largest absolute Gasteiger partial charge is 0.312 e. The van der Waals surface area contributed by atoms with Crippen molar-refractivity contribution in [1.82, 2.24) is 11.1 Å². The van der Waals surface area contributed by atoms with Gasteiger partial charge in [0.05, 0.1) is 5.54 Å². The van der Waals surface area contributed by atoms with Gasteiger partial charge in [-0.3, -0.25) is 0 Å². The summed E-state index contributed by atoms with van der Waals surface area (Å²) in [6.07, 6.45) is 1.81. The minimum absolute atomic E-state index is 0.108. The second-order valence-electron chi connectivity index (χ2n) is 4.48. The third-order valence-corrected chi connectivity index (χ3v) is 3.25. The first-order chi connectivity index (χ1) is 7.51. The van der Waals surface area contributed by atoms with Gasteiger partial charge in [0.15, 0.2) is 0 Å². The molecular weight excluding hydrogens is 210 g/mol. The first kappa shape index (κ1) is 11.5. The average molecular weight is 225 g/mol. The van der Waals surface area contributed by atoms with Crippen molar-refractivity contribution in [3.05, 3.63) is 35.4 Å². The molecule has 1 aromatic carbocycles. The average Bonchev–Trinajstić information content (AvgIpc) is 2.75. The Bertz CT molecular complexity index is 385. The third kappa shape index (κ3) is 1.95. The summed E-state index contributed by atoms with van der Waals surface area (Å²) in [5.74, 6) is -1.000. The lowest BCUT2D eigenvalue weighted by Crippen LogP contribution is -2.44. The zero-order valence-electron chi connectivity index (χ0n) is 9.19. The molecule has 1 saturated heterocycles. The maximum atomic E-state index is 13.6. The quantitative estimate of drug-likeness (QED) is 0.823. The van der Waals surface area contributed by atoms with Gasteiger partial charge in [0.2, 0.25) is 0 Å². The number of hydrogen-bond donors (Lipinski definition) is 1. The zero-order valence-corrected chi connectivity index (χ0v) is 9.19. The number of rotatable bonds is 2. The van der Waals surface area contributed by atoms with Gasteiger partial charge in [0.1, 0.15) is 11.6 Å². The molecule has 2 atom stereocenters. The molecule has 1 heterocycles. The van der Waals surface area contributed by atoms with E-state index >= 15 is 0 Å². The molecule has 1 aromatic rings. The van der Waals surface area contributed by atoms with Crippen LogP contribution in [0, 0.1) is 11.6 Å². The second-order valence-corrected chi connectivity index (χ2v) is 4.48. The van der Waals surface area contributed by atoms with Gasteiger partial charge in [0, 0.05) is 11.6 Å². The van der Waals surface area contributed by atoms with Crippen molar-refractivity contribution in [1.29, 1.82) is 0 Å². The van der Waals surface area contributed by atoms with Crippen LogP contribution in [0.3, 0.4) is 0 Å². The molecule has 1 aliphatic heterocycles. The maximum Gasteiger partial charge on any atom is 0.128 e. The van der Waals surface area contributed by atoms with Gasteiger partial charge in [-0.25, -0.2) is 14.5 Å². The van der Waals surface area contributed by atoms with Crippen LogP contribution in [0.4, 0.5) is 8.78 Å². The van der Waals surface area contributed by atoms with E-state index < -0.39 is 17.2 Å². The Labute approximate surface area is 93.8 Å². The van der Waals surface area contributed by atoms with E-state index in [0.29, 0.717) is 0 Å². The minimum Gasteiger partial charge on any atom is -0.312 e. The molecule has 0 bridgehead atoms. The van der Waals surface area contributed by atoms with Crippen molar-refractivity contribution >= 4 is 0 Å². The van der Waals surface area contributed by atoms with Crippen molar-refractivity contribution in [3.63, 3.8) is 0 Å². The van der Waals surface area contributed by atoms with Gasteiger partial charge in [-0.15, -0.1) is 0 Å². The van der Waals surface area contributed by atoms with E-state index in [9.17, 15) is 8.78 Å². The van der Waals surface area contributed by atoms with E-state index in [0.717, 1.165) is 37.6 Å². The lowest BCUT2D eigenvalue weighted by Gasteiger charge is -2.31. The van der Waals surface area contributed by atoms with Crippen LogP contribution in [0.25, 0.3) is 0 Å². The van der Waals surface area contributed by atoms with Crippen LogP contribution in [0.2, 0.25) is 0 Å². The number of nitrogens with one attached hydrogen (secondary N) is 2. The van der Waals surface area contributed by atoms with Gasteiger partial charge < -0.3 is 5.32 Å². The number of hydrogen-bond acceptors (Lipinski definition) is 1. The fraction of sp³-hybridized carbons (Fsp3) is 0.500. The molecule has 2 rings (SSSR count). The molecule has 0 saturated carbocycles. The van der Waals surface area contributed by atoms with E-state index in [4.69, 9.17) is 5.73 Å². The van der Waals surface area contributed by atoms with Gasteiger partial charge in [0.25, 0.3) is 0 Å². The minimum atomic E-state index is -1.12. The summed E-state index contributed by atoms with van der Waals surface area (Å²) in [6.45, 7) is 2.48. The Balaban J connectivity index is 2.37. The maximum absolute atomic E-state index is 13.6. The molecule has 0 amide bonds. The molecule has 0 spiro atoms. The highest BCUT2D eigenvalue weighted by Crippen LogP contribution is 2.30. The topological polar surface area (TPSA) is 35.8 Å². The normalized spacial score (nSPS) is 24.4. The first-order valence-corrected chi connectivity index (χ1v) is 5.46. The van der Waals surface area contributed by atoms with Crippen molar-refractivity contribution in [2.24, 2.45) is 0 Å². The van der Waals surface area contributed by atoms with Crippen LogP contribution in [0.1, 0.15) is 25.3 Å². The third-order valence-electron chi connectivity index (χ3n) is 3.25. The molecular formula is C12H15F2N2. The van der Waals surface area contributed by atoms with Crippen molar-refractivity contribution < 1.29 is 8.78 Å². The number of benzene rings is 1. The Morgan fingerprint density at radius 2 is 2.19 bits per heavy atom. The lowest BCUT2D eigenvalue weighted by atomic mass is 9.84. The Kier molecular flexibility index (Phi) is 2.95. The standard InChI is InChI=1S/C12H15F2N2/c1-12(15,11-3-2-6-16-11)9-7-8(13)4-5-10(9)14/h4-5,7,11,15-16H,2-3,6H2,1H3. The lowest BCUT2D eigenvalue weighted by molar-refractivity contribution is 0.331. The van der Waals surface area contributed by atoms with Crippen LogP contribution in [0.5, 0.6) is 0 Å². The Hall–Kier alpha value is -1.00. The van der Waals surface area contributed by atoms with E-state index in [2.05, 4.69) is 5.32 Å². The summed E-state index contributed by atoms with van der Waals surface area (Å²) in [4.78, 5) is 0. The summed E-state index contributed by atoms with van der Waals surface area (Å²) in [6, 6.07) is 3.19. The van der Waals surface area contributed by atoms with Crippen LogP contribution in [0.15, 0.2) is 18.2 Å². The Morgan fingerprint density at radius 1 is 1.44 bits per heavy atom. The Morgan fingerprint density at radius 3 is 2.81 bits per heavy atom. The molecule has 0 aliphatic carbocycles. The summed E-state index contributed by atoms with van der Waals surface area (Å²) in [5.41, 5.74) is 7.24. The highest BCUT2D eigenvalue weighted by molar-refractivity contribution is 5.28. The van der Waals surface area contributed by atoms with Crippen LogP contribution < -0.4 is 11.1 Å². The second kappa shape index (κ2) is 4.11. The molecule has 2 nitrogen and oxygen atoms in total. The molecule has 2 unspecified atom stereocenters. The fourth-order valence-corrected chi connectivity index (χ4v) is 2.26. The van der Waals surface area contributed by atoms with E-state index in [1.807, 2.05) is 0 Å². The van der Waals surface area contributed by atoms with E-state index in [1.165, 1.54) is 0 Å². The summed E-state index contributed by atoms with van der Waals surface area (Å²) in [5, 5.41) is 3.17. The van der Waals surface area contributed by atoms with Crippen molar-refractivity contribution in [2.45, 2.75) is 31.3 Å². The molecule has 4 heteroatoms. The van der Waals surface area contributed by atoms with E-state index in [1.54, 1.807) is 6.92 Å². The summed E-state index contributed by atoms with van der Waals surface area (Å²) >= 11 is 0. The summed E-state index contributed by atoms with van der Waals surface area (Å²) < 4.78 is 26.7. The monoisotopic (exact) mass is 225 g/mol. The van der Waals surface area contributed by atoms with Gasteiger partial charge >= 0.3 is 0 Å². The van der Waals surface area contributed by atoms with E-state index in [-0.39, 0.29) is 11.6 Å². The highest BCUT2D eigenvalue weighted by Gasteiger charge is 2.36. The zero-order chi connectivity index (χ0) is 11.8. The SMILES string of the molecule is CC([NH])(c1cc(F)ccc1F)C1CCCN1. The number of halogens is 2. The van der Waals surface area contributed by atoms with Gasteiger partial charge in [-0.1, -0.05) is 0 Å². The van der Waals surface area contributed by atoms with Gasteiger partial charge in [-0.2, -0.15) is 0 Å². The predicted octanol–water partition coefficient (Wildman–Crippen LogP) is 2.21.